The molecule has 152 valence electrons. The first-order chi connectivity index (χ1) is 14.0. The van der Waals surface area contributed by atoms with Crippen LogP contribution in [0, 0.1) is 19.8 Å². The standard InChI is InChI=1S/C24H25ClO4/c1-15-9-16(2)11-19(10-15)29-23-14-28-22-12-18(7-8-20(22)24(23)26)27-13-17-5-3-4-6-21(17)25/h3-6,9-11,14,18,20,22H,7-8,12-13H2,1-2H3. The van der Waals surface area contributed by atoms with E-state index in [1.807, 2.05) is 50.2 Å². The summed E-state index contributed by atoms with van der Waals surface area (Å²) in [5.41, 5.74) is 3.17. The minimum atomic E-state index is -0.180. The van der Waals surface area contributed by atoms with Gasteiger partial charge in [0.15, 0.2) is 0 Å². The summed E-state index contributed by atoms with van der Waals surface area (Å²) < 4.78 is 17.8. The Bertz CT molecular complexity index is 916. The Labute approximate surface area is 176 Å². The van der Waals surface area contributed by atoms with E-state index in [0.717, 1.165) is 29.5 Å². The lowest BCUT2D eigenvalue weighted by molar-refractivity contribution is -0.134. The molecule has 1 saturated carbocycles. The zero-order valence-electron chi connectivity index (χ0n) is 16.7. The molecule has 0 N–H and O–H groups in total. The number of hydrogen-bond donors (Lipinski definition) is 0. The number of allylic oxidation sites excluding steroid dienone is 1. The van der Waals surface area contributed by atoms with Crippen LogP contribution in [-0.2, 0) is 20.9 Å². The molecule has 4 nitrogen and oxygen atoms in total. The van der Waals surface area contributed by atoms with Crippen molar-refractivity contribution in [1.82, 2.24) is 0 Å². The van der Waals surface area contributed by atoms with Gasteiger partial charge in [-0.2, -0.15) is 0 Å². The van der Waals surface area contributed by atoms with Crippen LogP contribution in [0.3, 0.4) is 0 Å². The Kier molecular flexibility index (Phi) is 5.93. The zero-order valence-corrected chi connectivity index (χ0v) is 17.4. The van der Waals surface area contributed by atoms with Gasteiger partial charge in [-0.25, -0.2) is 0 Å². The van der Waals surface area contributed by atoms with E-state index in [9.17, 15) is 4.79 Å². The Balaban J connectivity index is 1.37. The van der Waals surface area contributed by atoms with Gasteiger partial charge >= 0.3 is 0 Å². The summed E-state index contributed by atoms with van der Waals surface area (Å²) >= 11 is 6.20. The summed E-state index contributed by atoms with van der Waals surface area (Å²) in [6.45, 7) is 4.48. The molecule has 2 aliphatic rings. The van der Waals surface area contributed by atoms with E-state index < -0.39 is 0 Å². The second-order valence-electron chi connectivity index (χ2n) is 7.89. The second-order valence-corrected chi connectivity index (χ2v) is 8.30. The Hall–Kier alpha value is -2.30. The SMILES string of the molecule is Cc1cc(C)cc(OC2=COC3CC(OCc4ccccc4Cl)CCC3C2=O)c1. The molecule has 0 aromatic heterocycles. The molecule has 0 saturated heterocycles. The average Bonchev–Trinajstić information content (AvgIpc) is 2.69. The molecule has 4 rings (SSSR count). The van der Waals surface area contributed by atoms with Crippen LogP contribution in [0.1, 0.15) is 36.0 Å². The summed E-state index contributed by atoms with van der Waals surface area (Å²) in [5, 5.41) is 0.710. The van der Waals surface area contributed by atoms with Crippen molar-refractivity contribution in [2.45, 2.75) is 51.9 Å². The van der Waals surface area contributed by atoms with E-state index in [1.54, 1.807) is 0 Å². The van der Waals surface area contributed by atoms with Crippen molar-refractivity contribution in [3.63, 3.8) is 0 Å². The minimum absolute atomic E-state index is 0.0185. The predicted octanol–water partition coefficient (Wildman–Crippen LogP) is 5.53. The normalized spacial score (nSPS) is 23.8. The highest BCUT2D eigenvalue weighted by Gasteiger charge is 2.41. The zero-order chi connectivity index (χ0) is 20.4. The van der Waals surface area contributed by atoms with Gasteiger partial charge in [0.25, 0.3) is 0 Å². The van der Waals surface area contributed by atoms with Crippen molar-refractivity contribution < 1.29 is 19.0 Å². The van der Waals surface area contributed by atoms with Crippen LogP contribution in [-0.4, -0.2) is 18.0 Å². The number of halogens is 1. The smallest absolute Gasteiger partial charge is 0.207 e. The van der Waals surface area contributed by atoms with E-state index in [-0.39, 0.29) is 29.7 Å². The molecule has 1 aliphatic heterocycles. The van der Waals surface area contributed by atoms with Gasteiger partial charge in [0, 0.05) is 11.4 Å². The minimum Gasteiger partial charge on any atom is -0.493 e. The summed E-state index contributed by atoms with van der Waals surface area (Å²) in [7, 11) is 0. The highest BCUT2D eigenvalue weighted by Crippen LogP contribution is 2.35. The van der Waals surface area contributed by atoms with Crippen molar-refractivity contribution in [2.75, 3.05) is 0 Å². The topological polar surface area (TPSA) is 44.8 Å². The fourth-order valence-electron chi connectivity index (χ4n) is 4.10. The fourth-order valence-corrected chi connectivity index (χ4v) is 4.29. The number of rotatable bonds is 5. The lowest BCUT2D eigenvalue weighted by Gasteiger charge is -2.37. The first-order valence-corrected chi connectivity index (χ1v) is 10.4. The van der Waals surface area contributed by atoms with Crippen molar-refractivity contribution in [3.05, 3.63) is 76.2 Å². The molecule has 1 heterocycles. The van der Waals surface area contributed by atoms with Gasteiger partial charge in [0.1, 0.15) is 18.1 Å². The molecule has 3 unspecified atom stereocenters. The molecular weight excluding hydrogens is 388 g/mol. The summed E-state index contributed by atoms with van der Waals surface area (Å²) in [6, 6.07) is 13.6. The highest BCUT2D eigenvalue weighted by molar-refractivity contribution is 6.31. The van der Waals surface area contributed by atoms with Gasteiger partial charge in [-0.05, 0) is 61.6 Å². The van der Waals surface area contributed by atoms with Crippen LogP contribution >= 0.6 is 11.6 Å². The monoisotopic (exact) mass is 412 g/mol. The number of ketones is 1. The number of Topliss-reactive ketones (excluding diaryl/α,β-unsaturated/α-hetero) is 1. The van der Waals surface area contributed by atoms with E-state index >= 15 is 0 Å². The second kappa shape index (κ2) is 8.60. The number of aryl methyl sites for hydroxylation is 2. The molecule has 2 aromatic carbocycles. The molecule has 0 amide bonds. The van der Waals surface area contributed by atoms with Gasteiger partial charge in [0.05, 0.1) is 18.6 Å². The third-order valence-electron chi connectivity index (χ3n) is 5.53. The fraction of sp³-hybridized carbons (Fsp3) is 0.375. The highest BCUT2D eigenvalue weighted by atomic mass is 35.5. The summed E-state index contributed by atoms with van der Waals surface area (Å²) in [4.78, 5) is 12.9. The van der Waals surface area contributed by atoms with Crippen molar-refractivity contribution in [2.24, 2.45) is 5.92 Å². The number of ether oxygens (including phenoxy) is 3. The number of hydrogen-bond acceptors (Lipinski definition) is 4. The molecule has 29 heavy (non-hydrogen) atoms. The van der Waals surface area contributed by atoms with Gasteiger partial charge in [0.2, 0.25) is 11.5 Å². The van der Waals surface area contributed by atoms with Crippen LogP contribution in [0.4, 0.5) is 0 Å². The molecule has 5 heteroatoms. The average molecular weight is 413 g/mol. The van der Waals surface area contributed by atoms with Crippen molar-refractivity contribution in [3.8, 4) is 5.75 Å². The first-order valence-electron chi connectivity index (χ1n) is 10.0. The Morgan fingerprint density at radius 3 is 2.62 bits per heavy atom. The third kappa shape index (κ3) is 4.65. The summed E-state index contributed by atoms with van der Waals surface area (Å²) in [5.74, 6) is 0.790. The number of carbonyl (C=O) groups is 1. The number of carbonyl (C=O) groups excluding carboxylic acids is 1. The quantitative estimate of drug-likeness (QED) is 0.647. The maximum atomic E-state index is 12.9. The van der Waals surface area contributed by atoms with Crippen LogP contribution in [0.2, 0.25) is 5.02 Å². The van der Waals surface area contributed by atoms with Crippen LogP contribution in [0.15, 0.2) is 54.5 Å². The van der Waals surface area contributed by atoms with Crippen molar-refractivity contribution in [1.29, 1.82) is 0 Å². The van der Waals surface area contributed by atoms with Crippen molar-refractivity contribution >= 4 is 17.4 Å². The van der Waals surface area contributed by atoms with E-state index in [0.29, 0.717) is 23.8 Å². The van der Waals surface area contributed by atoms with Gasteiger partial charge in [-0.3, -0.25) is 4.79 Å². The molecule has 0 radical (unpaired) electrons. The lowest BCUT2D eigenvalue weighted by atomic mass is 9.80. The maximum Gasteiger partial charge on any atom is 0.207 e. The molecule has 1 aliphatic carbocycles. The molecular formula is C24H25ClO4. The van der Waals surface area contributed by atoms with E-state index in [1.165, 1.54) is 6.26 Å². The summed E-state index contributed by atoms with van der Waals surface area (Å²) in [6.07, 6.45) is 3.59. The Morgan fingerprint density at radius 1 is 1.10 bits per heavy atom. The van der Waals surface area contributed by atoms with Gasteiger partial charge < -0.3 is 14.2 Å². The van der Waals surface area contributed by atoms with Crippen LogP contribution in [0.5, 0.6) is 5.75 Å². The molecule has 2 aromatic rings. The molecule has 0 bridgehead atoms. The number of fused-ring (bicyclic) bond motifs is 1. The van der Waals surface area contributed by atoms with Crippen LogP contribution in [0.25, 0.3) is 0 Å². The number of benzene rings is 2. The largest absolute Gasteiger partial charge is 0.493 e. The van der Waals surface area contributed by atoms with E-state index in [2.05, 4.69) is 6.07 Å². The third-order valence-corrected chi connectivity index (χ3v) is 5.90. The Morgan fingerprint density at radius 2 is 1.86 bits per heavy atom. The maximum absolute atomic E-state index is 12.9. The lowest BCUT2D eigenvalue weighted by Crippen LogP contribution is -2.42. The molecule has 1 fully saturated rings. The van der Waals surface area contributed by atoms with E-state index in [4.69, 9.17) is 25.8 Å². The molecule has 3 atom stereocenters. The first kappa shape index (κ1) is 20.0. The predicted molar refractivity (Wildman–Crippen MR) is 112 cm³/mol. The molecule has 0 spiro atoms. The van der Waals surface area contributed by atoms with Gasteiger partial charge in [-0.1, -0.05) is 35.9 Å². The van der Waals surface area contributed by atoms with Gasteiger partial charge in [-0.15, -0.1) is 0 Å². The van der Waals surface area contributed by atoms with Crippen LogP contribution < -0.4 is 4.74 Å².